The minimum absolute atomic E-state index is 0.107. The molecule has 1 saturated carbocycles. The maximum absolute atomic E-state index is 12.3. The number of hydrogen-bond acceptors (Lipinski definition) is 2. The molecular formula is C17H25NO2. The highest BCUT2D eigenvalue weighted by atomic mass is 16.5. The van der Waals surface area contributed by atoms with Crippen molar-refractivity contribution in [3.8, 4) is 5.75 Å². The van der Waals surface area contributed by atoms with Crippen molar-refractivity contribution >= 4 is 5.91 Å². The van der Waals surface area contributed by atoms with E-state index >= 15 is 0 Å². The van der Waals surface area contributed by atoms with Gasteiger partial charge in [0.25, 0.3) is 0 Å². The fourth-order valence-electron chi connectivity index (χ4n) is 2.91. The third-order valence-corrected chi connectivity index (χ3v) is 4.22. The van der Waals surface area contributed by atoms with Gasteiger partial charge in [-0.1, -0.05) is 38.3 Å². The van der Waals surface area contributed by atoms with E-state index < -0.39 is 0 Å². The molecule has 1 atom stereocenters. The van der Waals surface area contributed by atoms with Crippen LogP contribution in [-0.2, 0) is 4.79 Å². The van der Waals surface area contributed by atoms with Gasteiger partial charge in [-0.25, -0.2) is 0 Å². The predicted molar refractivity (Wildman–Crippen MR) is 80.7 cm³/mol. The molecule has 3 nitrogen and oxygen atoms in total. The lowest BCUT2D eigenvalue weighted by atomic mass is 9.88. The Morgan fingerprint density at radius 1 is 1.25 bits per heavy atom. The SMILES string of the molecule is CC[C@H](NC(=O)C1CCCCC1)c1ccc(OC)cc1. The fourth-order valence-corrected chi connectivity index (χ4v) is 2.91. The van der Waals surface area contributed by atoms with E-state index in [-0.39, 0.29) is 17.9 Å². The van der Waals surface area contributed by atoms with E-state index in [1.54, 1.807) is 7.11 Å². The first-order chi connectivity index (χ1) is 9.74. The van der Waals surface area contributed by atoms with Gasteiger partial charge in [-0.05, 0) is 37.0 Å². The number of carbonyl (C=O) groups is 1. The molecular weight excluding hydrogens is 250 g/mol. The van der Waals surface area contributed by atoms with Crippen molar-refractivity contribution < 1.29 is 9.53 Å². The van der Waals surface area contributed by atoms with Gasteiger partial charge in [-0.15, -0.1) is 0 Å². The van der Waals surface area contributed by atoms with Gasteiger partial charge in [0.15, 0.2) is 0 Å². The van der Waals surface area contributed by atoms with Gasteiger partial charge in [-0.2, -0.15) is 0 Å². The zero-order valence-corrected chi connectivity index (χ0v) is 12.5. The Bertz CT molecular complexity index is 421. The first-order valence-electron chi connectivity index (χ1n) is 7.69. The van der Waals surface area contributed by atoms with E-state index in [1.165, 1.54) is 19.3 Å². The Morgan fingerprint density at radius 3 is 2.45 bits per heavy atom. The van der Waals surface area contributed by atoms with Crippen LogP contribution in [0.15, 0.2) is 24.3 Å². The second-order valence-corrected chi connectivity index (χ2v) is 5.58. The van der Waals surface area contributed by atoms with Crippen molar-refractivity contribution in [1.82, 2.24) is 5.32 Å². The molecule has 1 amide bonds. The van der Waals surface area contributed by atoms with Gasteiger partial charge in [0, 0.05) is 5.92 Å². The molecule has 1 aromatic rings. The minimum atomic E-state index is 0.107. The van der Waals surface area contributed by atoms with Crippen molar-refractivity contribution in [3.05, 3.63) is 29.8 Å². The Hall–Kier alpha value is -1.51. The largest absolute Gasteiger partial charge is 0.497 e. The Kier molecular flexibility index (Phi) is 5.45. The van der Waals surface area contributed by atoms with Gasteiger partial charge in [0.2, 0.25) is 5.91 Å². The Balaban J connectivity index is 1.98. The summed E-state index contributed by atoms with van der Waals surface area (Å²) in [5, 5.41) is 3.21. The van der Waals surface area contributed by atoms with Crippen LogP contribution in [-0.4, -0.2) is 13.0 Å². The summed E-state index contributed by atoms with van der Waals surface area (Å²) in [6, 6.07) is 8.08. The van der Waals surface area contributed by atoms with Crippen LogP contribution in [0, 0.1) is 5.92 Å². The van der Waals surface area contributed by atoms with Crippen molar-refractivity contribution in [2.45, 2.75) is 51.5 Å². The molecule has 1 aliphatic carbocycles. The van der Waals surface area contributed by atoms with Gasteiger partial charge in [0.05, 0.1) is 13.2 Å². The van der Waals surface area contributed by atoms with E-state index in [0.29, 0.717) is 0 Å². The van der Waals surface area contributed by atoms with Crippen LogP contribution >= 0.6 is 0 Å². The molecule has 0 bridgehead atoms. The van der Waals surface area contributed by atoms with Crippen molar-refractivity contribution in [2.75, 3.05) is 7.11 Å². The molecule has 2 rings (SSSR count). The summed E-state index contributed by atoms with van der Waals surface area (Å²) in [7, 11) is 1.66. The molecule has 20 heavy (non-hydrogen) atoms. The second kappa shape index (κ2) is 7.32. The standard InChI is InChI=1S/C17H25NO2/c1-3-16(13-9-11-15(20-2)12-10-13)18-17(19)14-7-5-4-6-8-14/h9-12,14,16H,3-8H2,1-2H3,(H,18,19)/t16-/m0/s1. The molecule has 0 heterocycles. The molecule has 1 fully saturated rings. The second-order valence-electron chi connectivity index (χ2n) is 5.58. The molecule has 0 unspecified atom stereocenters. The number of carbonyl (C=O) groups excluding carboxylic acids is 1. The molecule has 3 heteroatoms. The van der Waals surface area contributed by atoms with Crippen LogP contribution in [0.25, 0.3) is 0 Å². The molecule has 1 aliphatic rings. The van der Waals surface area contributed by atoms with Crippen molar-refractivity contribution in [2.24, 2.45) is 5.92 Å². The molecule has 0 spiro atoms. The molecule has 0 aliphatic heterocycles. The van der Waals surface area contributed by atoms with Crippen LogP contribution < -0.4 is 10.1 Å². The number of benzene rings is 1. The van der Waals surface area contributed by atoms with E-state index in [0.717, 1.165) is 30.6 Å². The zero-order chi connectivity index (χ0) is 14.4. The fraction of sp³-hybridized carbons (Fsp3) is 0.588. The summed E-state index contributed by atoms with van der Waals surface area (Å²) in [6.07, 6.45) is 6.66. The van der Waals surface area contributed by atoms with Crippen LogP contribution in [0.4, 0.5) is 0 Å². The summed E-state index contributed by atoms with van der Waals surface area (Å²) in [6.45, 7) is 2.11. The number of nitrogens with one attached hydrogen (secondary N) is 1. The van der Waals surface area contributed by atoms with Crippen LogP contribution in [0.2, 0.25) is 0 Å². The molecule has 0 saturated heterocycles. The van der Waals surface area contributed by atoms with Crippen molar-refractivity contribution in [1.29, 1.82) is 0 Å². The summed E-state index contributed by atoms with van der Waals surface area (Å²) in [5.74, 6) is 1.30. The monoisotopic (exact) mass is 275 g/mol. The highest BCUT2D eigenvalue weighted by Crippen LogP contribution is 2.26. The summed E-state index contributed by atoms with van der Waals surface area (Å²) in [5.41, 5.74) is 1.15. The summed E-state index contributed by atoms with van der Waals surface area (Å²) in [4.78, 5) is 12.3. The number of ether oxygens (including phenoxy) is 1. The maximum Gasteiger partial charge on any atom is 0.223 e. The number of rotatable bonds is 5. The zero-order valence-electron chi connectivity index (χ0n) is 12.5. The normalized spacial score (nSPS) is 17.5. The van der Waals surface area contributed by atoms with Gasteiger partial charge < -0.3 is 10.1 Å². The maximum atomic E-state index is 12.3. The van der Waals surface area contributed by atoms with E-state index in [1.807, 2.05) is 24.3 Å². The molecule has 1 aromatic carbocycles. The topological polar surface area (TPSA) is 38.3 Å². The average molecular weight is 275 g/mol. The number of methoxy groups -OCH3 is 1. The molecule has 0 aromatic heterocycles. The van der Waals surface area contributed by atoms with Crippen LogP contribution in [0.3, 0.4) is 0 Å². The average Bonchev–Trinajstić information content (AvgIpc) is 2.53. The van der Waals surface area contributed by atoms with Crippen molar-refractivity contribution in [3.63, 3.8) is 0 Å². The lowest BCUT2D eigenvalue weighted by Gasteiger charge is -2.24. The van der Waals surface area contributed by atoms with E-state index in [4.69, 9.17) is 4.74 Å². The third-order valence-electron chi connectivity index (χ3n) is 4.22. The molecule has 1 N–H and O–H groups in total. The quantitative estimate of drug-likeness (QED) is 0.886. The molecule has 0 radical (unpaired) electrons. The van der Waals surface area contributed by atoms with Gasteiger partial charge >= 0.3 is 0 Å². The third kappa shape index (κ3) is 3.75. The van der Waals surface area contributed by atoms with Gasteiger partial charge in [-0.3, -0.25) is 4.79 Å². The van der Waals surface area contributed by atoms with Crippen LogP contribution in [0.5, 0.6) is 5.75 Å². The first kappa shape index (κ1) is 14.9. The van der Waals surface area contributed by atoms with E-state index in [9.17, 15) is 4.79 Å². The molecule has 110 valence electrons. The number of amides is 1. The van der Waals surface area contributed by atoms with E-state index in [2.05, 4.69) is 12.2 Å². The Labute approximate surface area is 121 Å². The lowest BCUT2D eigenvalue weighted by molar-refractivity contribution is -0.126. The number of hydrogen-bond donors (Lipinski definition) is 1. The highest BCUT2D eigenvalue weighted by molar-refractivity contribution is 5.79. The van der Waals surface area contributed by atoms with Gasteiger partial charge in [0.1, 0.15) is 5.75 Å². The summed E-state index contributed by atoms with van der Waals surface area (Å²) >= 11 is 0. The van der Waals surface area contributed by atoms with Crippen LogP contribution in [0.1, 0.15) is 57.1 Å². The predicted octanol–water partition coefficient (Wildman–Crippen LogP) is 3.84. The first-order valence-corrected chi connectivity index (χ1v) is 7.69. The lowest BCUT2D eigenvalue weighted by Crippen LogP contribution is -2.34. The summed E-state index contributed by atoms with van der Waals surface area (Å²) < 4.78 is 5.17. The smallest absolute Gasteiger partial charge is 0.223 e. The minimum Gasteiger partial charge on any atom is -0.497 e. The Morgan fingerprint density at radius 2 is 1.90 bits per heavy atom. The highest BCUT2D eigenvalue weighted by Gasteiger charge is 2.23.